The van der Waals surface area contributed by atoms with Crippen molar-refractivity contribution >= 4 is 11.6 Å². The number of benzene rings is 2. The first kappa shape index (κ1) is 20.0. The second-order valence-electron chi connectivity index (χ2n) is 6.79. The first-order valence-electron chi connectivity index (χ1n) is 9.40. The molecular weight excluding hydrogens is 322 g/mol. The van der Waals surface area contributed by atoms with Crippen LogP contribution < -0.4 is 10.2 Å². The lowest BCUT2D eigenvalue weighted by Crippen LogP contribution is -2.36. The Kier molecular flexibility index (Phi) is 8.70. The fourth-order valence-corrected chi connectivity index (χ4v) is 2.93. The van der Waals surface area contributed by atoms with Gasteiger partial charge in [0.15, 0.2) is 0 Å². The van der Waals surface area contributed by atoms with Gasteiger partial charge in [0.05, 0.1) is 6.54 Å². The number of hydrogen-bond acceptors (Lipinski definition) is 3. The zero-order valence-corrected chi connectivity index (χ0v) is 16.0. The van der Waals surface area contributed by atoms with E-state index in [4.69, 9.17) is 0 Å². The highest BCUT2D eigenvalue weighted by Gasteiger charge is 2.06. The van der Waals surface area contributed by atoms with Crippen LogP contribution in [0.3, 0.4) is 0 Å². The summed E-state index contributed by atoms with van der Waals surface area (Å²) >= 11 is 0. The fraction of sp³-hybridized carbons (Fsp3) is 0.409. The summed E-state index contributed by atoms with van der Waals surface area (Å²) in [5.41, 5.74) is 2.56. The topological polar surface area (TPSA) is 35.6 Å². The van der Waals surface area contributed by atoms with E-state index in [0.29, 0.717) is 13.1 Å². The minimum absolute atomic E-state index is 0.106. The average molecular weight is 354 g/mol. The summed E-state index contributed by atoms with van der Waals surface area (Å²) in [4.78, 5) is 16.3. The lowest BCUT2D eigenvalue weighted by atomic mass is 10.1. The second-order valence-corrected chi connectivity index (χ2v) is 6.79. The van der Waals surface area contributed by atoms with E-state index in [-0.39, 0.29) is 5.91 Å². The van der Waals surface area contributed by atoms with E-state index in [9.17, 15) is 4.79 Å². The molecule has 140 valence electrons. The van der Waals surface area contributed by atoms with Gasteiger partial charge in [-0.2, -0.15) is 0 Å². The Balaban J connectivity index is 1.54. The van der Waals surface area contributed by atoms with E-state index in [1.807, 2.05) is 31.3 Å². The Labute approximate surface area is 157 Å². The highest BCUT2D eigenvalue weighted by molar-refractivity contribution is 5.77. The fourth-order valence-electron chi connectivity index (χ4n) is 2.93. The van der Waals surface area contributed by atoms with Crippen molar-refractivity contribution in [2.45, 2.75) is 19.3 Å². The van der Waals surface area contributed by atoms with Gasteiger partial charge >= 0.3 is 0 Å². The molecule has 0 heterocycles. The number of likely N-dealkylation sites (N-methyl/N-ethyl adjacent to an activating group) is 1. The van der Waals surface area contributed by atoms with E-state index < -0.39 is 0 Å². The van der Waals surface area contributed by atoms with E-state index in [1.54, 1.807) is 0 Å². The highest BCUT2D eigenvalue weighted by Crippen LogP contribution is 2.10. The number of carbonyl (C=O) groups is 1. The smallest absolute Gasteiger partial charge is 0.234 e. The molecule has 0 bridgehead atoms. The molecule has 0 saturated carbocycles. The molecule has 2 aromatic carbocycles. The monoisotopic (exact) mass is 353 g/mol. The molecule has 1 N–H and O–H groups in total. The van der Waals surface area contributed by atoms with Gasteiger partial charge in [-0.05, 0) is 50.6 Å². The van der Waals surface area contributed by atoms with Gasteiger partial charge in [-0.15, -0.1) is 0 Å². The van der Waals surface area contributed by atoms with Gasteiger partial charge in [-0.3, -0.25) is 9.69 Å². The number of amides is 1. The molecule has 4 heteroatoms. The van der Waals surface area contributed by atoms with Gasteiger partial charge in [0.25, 0.3) is 0 Å². The van der Waals surface area contributed by atoms with Crippen LogP contribution in [0.25, 0.3) is 0 Å². The molecular formula is C22H31N3O. The lowest BCUT2D eigenvalue weighted by Gasteiger charge is -2.20. The third-order valence-corrected chi connectivity index (χ3v) is 4.45. The van der Waals surface area contributed by atoms with E-state index in [1.165, 1.54) is 11.3 Å². The number of nitrogens with zero attached hydrogens (tertiary/aromatic N) is 2. The Hall–Kier alpha value is -2.33. The van der Waals surface area contributed by atoms with Gasteiger partial charge in [0, 0.05) is 25.8 Å². The Morgan fingerprint density at radius 3 is 2.23 bits per heavy atom. The number of rotatable bonds is 11. The molecule has 0 aliphatic carbocycles. The van der Waals surface area contributed by atoms with Crippen molar-refractivity contribution in [2.24, 2.45) is 0 Å². The van der Waals surface area contributed by atoms with Crippen molar-refractivity contribution in [1.29, 1.82) is 0 Å². The third-order valence-electron chi connectivity index (χ3n) is 4.45. The molecule has 2 aromatic rings. The molecule has 0 unspecified atom stereocenters. The van der Waals surface area contributed by atoms with Crippen molar-refractivity contribution in [3.63, 3.8) is 0 Å². The van der Waals surface area contributed by atoms with Gasteiger partial charge in [-0.1, -0.05) is 48.5 Å². The van der Waals surface area contributed by atoms with Crippen LogP contribution in [0.15, 0.2) is 60.7 Å². The van der Waals surface area contributed by atoms with E-state index in [2.05, 4.69) is 58.6 Å². The molecule has 0 saturated heterocycles. The molecule has 0 aliphatic rings. The second kappa shape index (κ2) is 11.3. The predicted molar refractivity (Wildman–Crippen MR) is 110 cm³/mol. The van der Waals surface area contributed by atoms with Gasteiger partial charge in [0.1, 0.15) is 0 Å². The van der Waals surface area contributed by atoms with Crippen LogP contribution in [0.1, 0.15) is 18.4 Å². The summed E-state index contributed by atoms with van der Waals surface area (Å²) in [7, 11) is 4.09. The number of anilines is 1. The van der Waals surface area contributed by atoms with E-state index in [0.717, 1.165) is 32.4 Å². The average Bonchev–Trinajstić information content (AvgIpc) is 2.66. The van der Waals surface area contributed by atoms with Crippen molar-refractivity contribution < 1.29 is 4.79 Å². The van der Waals surface area contributed by atoms with Crippen molar-refractivity contribution in [2.75, 3.05) is 45.2 Å². The molecule has 4 nitrogen and oxygen atoms in total. The third kappa shape index (κ3) is 7.70. The Bertz CT molecular complexity index is 630. The summed E-state index contributed by atoms with van der Waals surface area (Å²) in [6.07, 6.45) is 3.06. The van der Waals surface area contributed by atoms with Crippen LogP contribution >= 0.6 is 0 Å². The maximum absolute atomic E-state index is 12.0. The molecule has 0 atom stereocenters. The Morgan fingerprint density at radius 2 is 1.54 bits per heavy atom. The van der Waals surface area contributed by atoms with Crippen molar-refractivity contribution in [1.82, 2.24) is 10.2 Å². The minimum Gasteiger partial charge on any atom is -0.375 e. The molecule has 0 radical (unpaired) electrons. The Morgan fingerprint density at radius 1 is 0.885 bits per heavy atom. The first-order chi connectivity index (χ1) is 12.6. The van der Waals surface area contributed by atoms with Crippen molar-refractivity contribution in [3.05, 3.63) is 66.2 Å². The molecule has 0 aliphatic heterocycles. The normalized spacial score (nSPS) is 10.7. The summed E-state index contributed by atoms with van der Waals surface area (Å²) in [5.74, 6) is 0.106. The van der Waals surface area contributed by atoms with Crippen LogP contribution in [0.4, 0.5) is 5.69 Å². The SMILES string of the molecule is CN(CCCc1ccccc1)CC(=O)NCCCN(C)c1ccccc1. The standard InChI is InChI=1S/C22H31N3O/c1-24(17-9-13-20-11-5-3-6-12-20)19-22(26)23-16-10-18-25(2)21-14-7-4-8-15-21/h3-8,11-12,14-15H,9-10,13,16-19H2,1-2H3,(H,23,26). The highest BCUT2D eigenvalue weighted by atomic mass is 16.2. The van der Waals surface area contributed by atoms with Crippen LogP contribution in [0.2, 0.25) is 0 Å². The largest absolute Gasteiger partial charge is 0.375 e. The zero-order chi connectivity index (χ0) is 18.6. The molecule has 0 spiro atoms. The maximum Gasteiger partial charge on any atom is 0.234 e. The van der Waals surface area contributed by atoms with Crippen LogP contribution in [0, 0.1) is 0 Å². The number of hydrogen-bond donors (Lipinski definition) is 1. The summed E-state index contributed by atoms with van der Waals surface area (Å²) in [6, 6.07) is 20.8. The lowest BCUT2D eigenvalue weighted by molar-refractivity contribution is -0.121. The number of para-hydroxylation sites is 1. The molecule has 26 heavy (non-hydrogen) atoms. The van der Waals surface area contributed by atoms with Gasteiger partial charge in [-0.25, -0.2) is 0 Å². The zero-order valence-electron chi connectivity index (χ0n) is 16.0. The number of nitrogens with one attached hydrogen (secondary N) is 1. The van der Waals surface area contributed by atoms with Crippen LogP contribution in [-0.4, -0.2) is 51.1 Å². The predicted octanol–water partition coefficient (Wildman–Crippen LogP) is 3.19. The number of aryl methyl sites for hydroxylation is 1. The summed E-state index contributed by atoms with van der Waals surface area (Å²) in [6.45, 7) is 3.04. The molecule has 2 rings (SSSR count). The molecule has 0 aromatic heterocycles. The maximum atomic E-state index is 12.0. The van der Waals surface area contributed by atoms with Gasteiger partial charge < -0.3 is 10.2 Å². The van der Waals surface area contributed by atoms with Crippen molar-refractivity contribution in [3.8, 4) is 0 Å². The van der Waals surface area contributed by atoms with E-state index >= 15 is 0 Å². The number of carbonyl (C=O) groups excluding carboxylic acids is 1. The quantitative estimate of drug-likeness (QED) is 0.630. The summed E-state index contributed by atoms with van der Waals surface area (Å²) in [5, 5.41) is 3.02. The minimum atomic E-state index is 0.106. The first-order valence-corrected chi connectivity index (χ1v) is 9.40. The van der Waals surface area contributed by atoms with Crippen LogP contribution in [0.5, 0.6) is 0 Å². The molecule has 0 fully saturated rings. The molecule has 1 amide bonds. The van der Waals surface area contributed by atoms with Gasteiger partial charge in [0.2, 0.25) is 5.91 Å². The summed E-state index contributed by atoms with van der Waals surface area (Å²) < 4.78 is 0. The van der Waals surface area contributed by atoms with Crippen LogP contribution in [-0.2, 0) is 11.2 Å².